The first-order chi connectivity index (χ1) is 13.7. The molecule has 4 aromatic carbocycles. The van der Waals surface area contributed by atoms with Crippen LogP contribution in [0.15, 0.2) is 97.1 Å². The molecule has 4 N–H and O–H groups in total. The third-order valence-electron chi connectivity index (χ3n) is 5.12. The zero-order chi connectivity index (χ0) is 19.5. The second-order valence-corrected chi connectivity index (χ2v) is 7.49. The summed E-state index contributed by atoms with van der Waals surface area (Å²) < 4.78 is 0. The zero-order valence-electron chi connectivity index (χ0n) is 15.5. The van der Waals surface area contributed by atoms with Gasteiger partial charge in [-0.05, 0) is 22.3 Å². The minimum absolute atomic E-state index is 0.00678. The third-order valence-corrected chi connectivity index (χ3v) is 5.84. The van der Waals surface area contributed by atoms with Crippen molar-refractivity contribution in [1.29, 1.82) is 0 Å². The molecule has 138 valence electrons. The van der Waals surface area contributed by atoms with Crippen molar-refractivity contribution in [1.82, 2.24) is 0 Å². The molecule has 3 heteroatoms. The van der Waals surface area contributed by atoms with Gasteiger partial charge in [-0.1, -0.05) is 97.1 Å². The molecule has 4 aromatic rings. The summed E-state index contributed by atoms with van der Waals surface area (Å²) in [5.74, 6) is 0. The van der Waals surface area contributed by atoms with E-state index in [0.29, 0.717) is 0 Å². The number of hydrogen-bond donors (Lipinski definition) is 2. The van der Waals surface area contributed by atoms with Crippen LogP contribution in [0.25, 0.3) is 22.3 Å². The van der Waals surface area contributed by atoms with E-state index in [1.54, 1.807) is 0 Å². The molecule has 0 spiro atoms. The van der Waals surface area contributed by atoms with Crippen molar-refractivity contribution in [3.63, 3.8) is 0 Å². The van der Waals surface area contributed by atoms with Crippen molar-refractivity contribution < 1.29 is 0 Å². The van der Waals surface area contributed by atoms with Gasteiger partial charge in [0.05, 0.1) is 0 Å². The van der Waals surface area contributed by atoms with Crippen LogP contribution in [0.4, 0.5) is 11.4 Å². The molecular formula is C25H23N2P. The maximum atomic E-state index is 6.60. The Labute approximate surface area is 168 Å². The highest BCUT2D eigenvalue weighted by Crippen LogP contribution is 2.42. The number of para-hydroxylation sites is 2. The molecule has 0 saturated heterocycles. The highest BCUT2D eigenvalue weighted by Gasteiger charge is 2.18. The average molecular weight is 382 g/mol. The van der Waals surface area contributed by atoms with E-state index in [4.69, 9.17) is 11.5 Å². The summed E-state index contributed by atoms with van der Waals surface area (Å²) in [5.41, 5.74) is 21.2. The predicted octanol–water partition coefficient (Wildman–Crippen LogP) is 6.15. The summed E-state index contributed by atoms with van der Waals surface area (Å²) >= 11 is 0. The molecule has 1 unspecified atom stereocenters. The first-order valence-electron chi connectivity index (χ1n) is 9.30. The van der Waals surface area contributed by atoms with Crippen molar-refractivity contribution >= 4 is 20.6 Å². The van der Waals surface area contributed by atoms with Gasteiger partial charge >= 0.3 is 0 Å². The van der Waals surface area contributed by atoms with Gasteiger partial charge in [-0.15, -0.1) is 9.24 Å². The molecular weight excluding hydrogens is 359 g/mol. The lowest BCUT2D eigenvalue weighted by Gasteiger charge is -2.20. The molecule has 0 heterocycles. The molecule has 2 nitrogen and oxygen atoms in total. The van der Waals surface area contributed by atoms with Crippen LogP contribution in [0.2, 0.25) is 0 Å². The van der Waals surface area contributed by atoms with Gasteiger partial charge in [-0.2, -0.15) is 0 Å². The molecule has 28 heavy (non-hydrogen) atoms. The van der Waals surface area contributed by atoms with Gasteiger partial charge < -0.3 is 11.5 Å². The lowest BCUT2D eigenvalue weighted by molar-refractivity contribution is 1.17. The molecule has 0 aliphatic heterocycles. The molecule has 0 aromatic heterocycles. The number of anilines is 2. The minimum Gasteiger partial charge on any atom is -0.398 e. The van der Waals surface area contributed by atoms with E-state index in [2.05, 4.69) is 69.9 Å². The smallest absolute Gasteiger partial charge is 0.0436 e. The van der Waals surface area contributed by atoms with E-state index < -0.39 is 0 Å². The summed E-state index contributed by atoms with van der Waals surface area (Å²) in [6, 6.07) is 32.9. The quantitative estimate of drug-likeness (QED) is 0.328. The molecule has 0 saturated carbocycles. The fourth-order valence-corrected chi connectivity index (χ4v) is 4.20. The minimum atomic E-state index is 0.00678. The third kappa shape index (κ3) is 3.40. The topological polar surface area (TPSA) is 52.0 Å². The van der Waals surface area contributed by atoms with Gasteiger partial charge in [-0.25, -0.2) is 0 Å². The van der Waals surface area contributed by atoms with Gasteiger partial charge in [0.15, 0.2) is 0 Å². The summed E-state index contributed by atoms with van der Waals surface area (Å²) in [6.45, 7) is 0. The van der Waals surface area contributed by atoms with Crippen molar-refractivity contribution in [2.24, 2.45) is 0 Å². The Morgan fingerprint density at radius 3 is 1.29 bits per heavy atom. The van der Waals surface area contributed by atoms with Crippen LogP contribution in [-0.2, 0) is 0 Å². The van der Waals surface area contributed by atoms with Crippen molar-refractivity contribution in [3.05, 3.63) is 108 Å². The molecule has 1 atom stereocenters. The SMILES string of the molecule is Nc1c(-c2ccccc2)cccc1C(P)c1cccc(-c2ccccc2)c1N. The first-order valence-corrected chi connectivity index (χ1v) is 9.96. The Balaban J connectivity index is 1.78. The standard InChI is InChI=1S/C25H23N2P/c26-23-19(17-9-3-1-4-10-17)13-7-15-21(23)25(28)22-16-8-14-20(24(22)27)18-11-5-2-6-12-18/h1-16,25H,26-28H2. The number of benzene rings is 4. The largest absolute Gasteiger partial charge is 0.398 e. The second kappa shape index (κ2) is 7.88. The second-order valence-electron chi connectivity index (χ2n) is 6.83. The van der Waals surface area contributed by atoms with Crippen LogP contribution in [-0.4, -0.2) is 0 Å². The van der Waals surface area contributed by atoms with E-state index in [0.717, 1.165) is 44.8 Å². The Bertz CT molecular complexity index is 1000. The molecule has 0 fully saturated rings. The summed E-state index contributed by atoms with van der Waals surface area (Å²) in [7, 11) is 2.91. The van der Waals surface area contributed by atoms with E-state index in [1.807, 2.05) is 36.4 Å². The molecule has 0 aliphatic carbocycles. The molecule has 0 bridgehead atoms. The monoisotopic (exact) mass is 382 g/mol. The van der Waals surface area contributed by atoms with Crippen molar-refractivity contribution in [3.8, 4) is 22.3 Å². The normalized spacial score (nSPS) is 10.9. The van der Waals surface area contributed by atoms with Gasteiger partial charge in [0, 0.05) is 28.2 Å². The average Bonchev–Trinajstić information content (AvgIpc) is 2.75. The number of rotatable bonds is 4. The Morgan fingerprint density at radius 1 is 0.500 bits per heavy atom. The Kier molecular flexibility index (Phi) is 5.14. The van der Waals surface area contributed by atoms with Gasteiger partial charge in [0.2, 0.25) is 0 Å². The van der Waals surface area contributed by atoms with E-state index in [-0.39, 0.29) is 5.66 Å². The summed E-state index contributed by atoms with van der Waals surface area (Å²) in [6.07, 6.45) is 0. The van der Waals surface area contributed by atoms with Crippen LogP contribution in [0, 0.1) is 0 Å². The fourth-order valence-electron chi connectivity index (χ4n) is 3.61. The van der Waals surface area contributed by atoms with Crippen molar-refractivity contribution in [2.75, 3.05) is 11.5 Å². The lowest BCUT2D eigenvalue weighted by atomic mass is 9.93. The number of nitrogen functional groups attached to an aromatic ring is 2. The number of nitrogens with two attached hydrogens (primary N) is 2. The summed E-state index contributed by atoms with van der Waals surface area (Å²) in [5, 5.41) is 0. The first kappa shape index (κ1) is 18.3. The zero-order valence-corrected chi connectivity index (χ0v) is 16.7. The summed E-state index contributed by atoms with van der Waals surface area (Å²) in [4.78, 5) is 0. The van der Waals surface area contributed by atoms with Crippen LogP contribution < -0.4 is 11.5 Å². The van der Waals surface area contributed by atoms with Gasteiger partial charge in [0.25, 0.3) is 0 Å². The van der Waals surface area contributed by atoms with E-state index in [1.165, 1.54) is 0 Å². The highest BCUT2D eigenvalue weighted by molar-refractivity contribution is 7.17. The molecule has 0 amide bonds. The Hall–Kier alpha value is -3.09. The van der Waals surface area contributed by atoms with Crippen LogP contribution >= 0.6 is 9.24 Å². The van der Waals surface area contributed by atoms with Crippen LogP contribution in [0.1, 0.15) is 16.8 Å². The maximum absolute atomic E-state index is 6.60. The highest BCUT2D eigenvalue weighted by atomic mass is 31.0. The van der Waals surface area contributed by atoms with E-state index in [9.17, 15) is 0 Å². The molecule has 0 radical (unpaired) electrons. The fraction of sp³-hybridized carbons (Fsp3) is 0.0400. The van der Waals surface area contributed by atoms with Crippen LogP contribution in [0.3, 0.4) is 0 Å². The lowest BCUT2D eigenvalue weighted by Crippen LogP contribution is -2.04. The maximum Gasteiger partial charge on any atom is 0.0436 e. The number of hydrogen-bond acceptors (Lipinski definition) is 2. The van der Waals surface area contributed by atoms with Gasteiger partial charge in [0.1, 0.15) is 0 Å². The molecule has 0 aliphatic rings. The van der Waals surface area contributed by atoms with E-state index >= 15 is 0 Å². The van der Waals surface area contributed by atoms with Crippen LogP contribution in [0.5, 0.6) is 0 Å². The predicted molar refractivity (Wildman–Crippen MR) is 124 cm³/mol. The van der Waals surface area contributed by atoms with Crippen molar-refractivity contribution in [2.45, 2.75) is 5.66 Å². The Morgan fingerprint density at radius 2 is 0.893 bits per heavy atom. The van der Waals surface area contributed by atoms with Gasteiger partial charge in [-0.3, -0.25) is 0 Å². The molecule has 4 rings (SSSR count).